The second-order valence-electron chi connectivity index (χ2n) is 4.40. The molecule has 5 heteroatoms. The summed E-state index contributed by atoms with van der Waals surface area (Å²) in [6, 6.07) is 12.9. The lowest BCUT2D eigenvalue weighted by Crippen LogP contribution is -2.33. The highest BCUT2D eigenvalue weighted by atomic mass is 35.5. The quantitative estimate of drug-likeness (QED) is 0.860. The van der Waals surface area contributed by atoms with Crippen molar-refractivity contribution < 1.29 is 13.2 Å². The molecule has 0 bridgehead atoms. The van der Waals surface area contributed by atoms with Gasteiger partial charge in [0, 0.05) is 11.6 Å². The van der Waals surface area contributed by atoms with Crippen LogP contribution in [0.3, 0.4) is 0 Å². The van der Waals surface area contributed by atoms with Gasteiger partial charge in [-0.2, -0.15) is 13.2 Å². The largest absolute Gasteiger partial charge is 0.407 e. The molecular formula is C15H13ClF3N. The monoisotopic (exact) mass is 299 g/mol. The third-order valence-corrected chi connectivity index (χ3v) is 3.09. The summed E-state index contributed by atoms with van der Waals surface area (Å²) in [5, 5.41) is 3.04. The maximum atomic E-state index is 13.1. The molecule has 0 aliphatic rings. The van der Waals surface area contributed by atoms with Gasteiger partial charge in [0.05, 0.1) is 0 Å². The van der Waals surface area contributed by atoms with Gasteiger partial charge < -0.3 is 0 Å². The maximum absolute atomic E-state index is 13.1. The van der Waals surface area contributed by atoms with Crippen molar-refractivity contribution >= 4 is 11.6 Å². The predicted molar refractivity (Wildman–Crippen MR) is 73.5 cm³/mol. The minimum absolute atomic E-state index is 0.0969. The summed E-state index contributed by atoms with van der Waals surface area (Å²) in [5.41, 5.74) is 0.907. The van der Waals surface area contributed by atoms with Crippen LogP contribution in [0.2, 0.25) is 5.02 Å². The first kappa shape index (κ1) is 14.9. The number of hydrogen-bond acceptors (Lipinski definition) is 1. The Morgan fingerprint density at radius 2 is 1.70 bits per heavy atom. The molecule has 1 nitrogen and oxygen atoms in total. The van der Waals surface area contributed by atoms with Gasteiger partial charge in [0.15, 0.2) is 0 Å². The summed E-state index contributed by atoms with van der Waals surface area (Å²) in [4.78, 5) is 0. The van der Waals surface area contributed by atoms with Crippen molar-refractivity contribution in [1.82, 2.24) is 5.32 Å². The Morgan fingerprint density at radius 3 is 2.30 bits per heavy atom. The summed E-state index contributed by atoms with van der Waals surface area (Å²) in [6.07, 6.45) is -4.35. The Labute approximate surface area is 120 Å². The molecule has 1 atom stereocenters. The van der Waals surface area contributed by atoms with Gasteiger partial charge in [-0.05, 0) is 23.3 Å². The lowest BCUT2D eigenvalue weighted by Gasteiger charge is -2.22. The number of alkyl halides is 3. The van der Waals surface area contributed by atoms with Crippen LogP contribution in [0.5, 0.6) is 0 Å². The topological polar surface area (TPSA) is 12.0 Å². The second kappa shape index (κ2) is 6.29. The Morgan fingerprint density at radius 1 is 1.00 bits per heavy atom. The Bertz CT molecular complexity index is 555. The number of rotatable bonds is 4. The zero-order valence-corrected chi connectivity index (χ0v) is 11.2. The van der Waals surface area contributed by atoms with Gasteiger partial charge >= 0.3 is 6.18 Å². The van der Waals surface area contributed by atoms with Crippen LogP contribution in [-0.4, -0.2) is 6.18 Å². The summed E-state index contributed by atoms with van der Waals surface area (Å²) < 4.78 is 39.3. The van der Waals surface area contributed by atoms with Gasteiger partial charge in [0.25, 0.3) is 0 Å². The molecular weight excluding hydrogens is 287 g/mol. The average molecular weight is 300 g/mol. The van der Waals surface area contributed by atoms with E-state index in [1.54, 1.807) is 42.5 Å². The highest BCUT2D eigenvalue weighted by Gasteiger charge is 2.40. The van der Waals surface area contributed by atoms with E-state index in [1.807, 2.05) is 0 Å². The maximum Gasteiger partial charge on any atom is 0.407 e. The van der Waals surface area contributed by atoms with E-state index in [-0.39, 0.29) is 12.1 Å². The number of halogens is 4. The van der Waals surface area contributed by atoms with Crippen LogP contribution in [0.15, 0.2) is 54.6 Å². The third-order valence-electron chi connectivity index (χ3n) is 2.86. The van der Waals surface area contributed by atoms with E-state index in [0.717, 1.165) is 0 Å². The normalized spacial score (nSPS) is 13.2. The molecule has 2 aromatic carbocycles. The fraction of sp³-hybridized carbons (Fsp3) is 0.200. The molecule has 0 aliphatic carbocycles. The molecule has 20 heavy (non-hydrogen) atoms. The fourth-order valence-corrected chi connectivity index (χ4v) is 2.15. The molecule has 0 amide bonds. The van der Waals surface area contributed by atoms with E-state index >= 15 is 0 Å². The smallest absolute Gasteiger partial charge is 0.298 e. The van der Waals surface area contributed by atoms with Crippen molar-refractivity contribution in [2.45, 2.75) is 18.8 Å². The summed E-state index contributed by atoms with van der Waals surface area (Å²) in [5.74, 6) is 0. The van der Waals surface area contributed by atoms with Crippen LogP contribution in [0.4, 0.5) is 13.2 Å². The third kappa shape index (κ3) is 3.99. The lowest BCUT2D eigenvalue weighted by molar-refractivity contribution is -0.158. The van der Waals surface area contributed by atoms with Crippen molar-refractivity contribution in [2.75, 3.05) is 0 Å². The van der Waals surface area contributed by atoms with Crippen LogP contribution in [0, 0.1) is 0 Å². The van der Waals surface area contributed by atoms with Crippen LogP contribution in [-0.2, 0) is 6.54 Å². The highest BCUT2D eigenvalue weighted by molar-refractivity contribution is 6.30. The molecule has 106 valence electrons. The van der Waals surface area contributed by atoms with E-state index in [2.05, 4.69) is 5.32 Å². The molecule has 1 N–H and O–H groups in total. The van der Waals surface area contributed by atoms with E-state index in [0.29, 0.717) is 10.6 Å². The number of nitrogens with one attached hydrogen (secondary N) is 1. The Balaban J connectivity index is 2.14. The molecule has 0 aromatic heterocycles. The minimum Gasteiger partial charge on any atom is -0.298 e. The summed E-state index contributed by atoms with van der Waals surface area (Å²) >= 11 is 5.82. The Hall–Kier alpha value is -1.52. The van der Waals surface area contributed by atoms with Gasteiger partial charge in [0.1, 0.15) is 6.04 Å². The van der Waals surface area contributed by atoms with Gasteiger partial charge in [-0.25, -0.2) is 0 Å². The van der Waals surface area contributed by atoms with Crippen LogP contribution < -0.4 is 5.32 Å². The molecule has 0 saturated carbocycles. The van der Waals surface area contributed by atoms with E-state index in [9.17, 15) is 13.2 Å². The van der Waals surface area contributed by atoms with Crippen molar-refractivity contribution in [1.29, 1.82) is 0 Å². The van der Waals surface area contributed by atoms with E-state index in [4.69, 9.17) is 11.6 Å². The molecule has 2 rings (SSSR count). The fourth-order valence-electron chi connectivity index (χ4n) is 1.93. The Kier molecular flexibility index (Phi) is 4.68. The van der Waals surface area contributed by atoms with Crippen LogP contribution in [0.1, 0.15) is 17.2 Å². The molecule has 2 aromatic rings. The molecule has 0 saturated heterocycles. The van der Waals surface area contributed by atoms with Crippen LogP contribution >= 0.6 is 11.6 Å². The zero-order chi connectivity index (χ0) is 14.6. The van der Waals surface area contributed by atoms with E-state index in [1.165, 1.54) is 12.1 Å². The summed E-state index contributed by atoms with van der Waals surface area (Å²) in [6.45, 7) is 0.0969. The molecule has 0 spiro atoms. The predicted octanol–water partition coefficient (Wildman–Crippen LogP) is 4.73. The van der Waals surface area contributed by atoms with Gasteiger partial charge in [-0.15, -0.1) is 0 Å². The van der Waals surface area contributed by atoms with Crippen molar-refractivity contribution in [3.8, 4) is 0 Å². The van der Waals surface area contributed by atoms with Gasteiger partial charge in [-0.1, -0.05) is 54.1 Å². The van der Waals surface area contributed by atoms with Crippen molar-refractivity contribution in [3.05, 3.63) is 70.7 Å². The van der Waals surface area contributed by atoms with Crippen LogP contribution in [0.25, 0.3) is 0 Å². The number of benzene rings is 2. The average Bonchev–Trinajstić information content (AvgIpc) is 2.39. The molecule has 1 unspecified atom stereocenters. The van der Waals surface area contributed by atoms with Gasteiger partial charge in [-0.3, -0.25) is 5.32 Å². The first-order chi connectivity index (χ1) is 9.47. The SMILES string of the molecule is FC(F)(F)C(NCc1cccc(Cl)c1)c1ccccc1. The van der Waals surface area contributed by atoms with Crippen molar-refractivity contribution in [2.24, 2.45) is 0 Å². The molecule has 0 fully saturated rings. The minimum atomic E-state index is -4.35. The molecule has 0 heterocycles. The first-order valence-electron chi connectivity index (χ1n) is 6.06. The zero-order valence-electron chi connectivity index (χ0n) is 10.5. The highest BCUT2D eigenvalue weighted by Crippen LogP contribution is 2.32. The molecule has 0 radical (unpaired) electrons. The lowest BCUT2D eigenvalue weighted by atomic mass is 10.1. The molecule has 0 aliphatic heterocycles. The van der Waals surface area contributed by atoms with E-state index < -0.39 is 12.2 Å². The van der Waals surface area contributed by atoms with Gasteiger partial charge in [0.2, 0.25) is 0 Å². The first-order valence-corrected chi connectivity index (χ1v) is 6.44. The second-order valence-corrected chi connectivity index (χ2v) is 4.83. The number of hydrogen-bond donors (Lipinski definition) is 1. The summed E-state index contributed by atoms with van der Waals surface area (Å²) in [7, 11) is 0. The standard InChI is InChI=1S/C15H13ClF3N/c16-13-8-4-5-11(9-13)10-20-14(15(17,18)19)12-6-2-1-3-7-12/h1-9,14,20H,10H2. The van der Waals surface area contributed by atoms with Crippen molar-refractivity contribution in [3.63, 3.8) is 0 Å².